The number of hydrogen-bond acceptors (Lipinski definition) is 4. The zero-order valence-electron chi connectivity index (χ0n) is 18.1. The second kappa shape index (κ2) is 10.6. The van der Waals surface area contributed by atoms with Gasteiger partial charge in [0, 0.05) is 23.0 Å². The van der Waals surface area contributed by atoms with Gasteiger partial charge in [0.2, 0.25) is 0 Å². The van der Waals surface area contributed by atoms with Crippen LogP contribution in [0.15, 0.2) is 77.8 Å². The molecule has 1 aliphatic heterocycles. The van der Waals surface area contributed by atoms with Gasteiger partial charge in [0.05, 0.1) is 12.7 Å². The largest absolute Gasteiger partial charge is 0.339 e. The Kier molecular flexibility index (Phi) is 7.34. The lowest BCUT2D eigenvalue weighted by Gasteiger charge is -2.17. The lowest BCUT2D eigenvalue weighted by Crippen LogP contribution is -2.50. The fourth-order valence-electron chi connectivity index (χ4n) is 3.58. The molecule has 0 aliphatic carbocycles. The van der Waals surface area contributed by atoms with E-state index in [0.29, 0.717) is 29.5 Å². The van der Waals surface area contributed by atoms with Crippen molar-refractivity contribution in [1.82, 2.24) is 21.5 Å². The summed E-state index contributed by atoms with van der Waals surface area (Å²) < 4.78 is 13.2. The SMILES string of the molecule is Cc1ccccc1CN=C(NC(=O)c1ccc(Cl)cc1)NC1CC(c2ccc(F)cc2)NN1. The third-order valence-electron chi connectivity index (χ3n) is 5.49. The zero-order chi connectivity index (χ0) is 23.2. The molecule has 0 saturated carbocycles. The summed E-state index contributed by atoms with van der Waals surface area (Å²) in [5.41, 5.74) is 10.0. The van der Waals surface area contributed by atoms with Crippen LogP contribution >= 0.6 is 11.6 Å². The molecule has 4 rings (SSSR count). The number of amides is 1. The van der Waals surface area contributed by atoms with Crippen LogP contribution < -0.4 is 21.5 Å². The van der Waals surface area contributed by atoms with Crippen LogP contribution in [0.2, 0.25) is 5.02 Å². The van der Waals surface area contributed by atoms with E-state index in [1.807, 2.05) is 31.2 Å². The number of carbonyl (C=O) groups excluding carboxylic acids is 1. The van der Waals surface area contributed by atoms with Crippen LogP contribution in [0.3, 0.4) is 0 Å². The third-order valence-corrected chi connectivity index (χ3v) is 5.75. The highest BCUT2D eigenvalue weighted by Crippen LogP contribution is 2.21. The Hall–Kier alpha value is -3.26. The van der Waals surface area contributed by atoms with E-state index < -0.39 is 0 Å². The van der Waals surface area contributed by atoms with Crippen LogP contribution in [0.1, 0.15) is 39.5 Å². The van der Waals surface area contributed by atoms with Crippen molar-refractivity contribution in [2.24, 2.45) is 4.99 Å². The van der Waals surface area contributed by atoms with Crippen molar-refractivity contribution >= 4 is 23.5 Å². The standard InChI is InChI=1S/C25H25ClFN5O/c1-16-4-2-3-5-19(16)15-28-25(30-24(33)18-6-10-20(26)11-7-18)29-23-14-22(31-32-23)17-8-12-21(27)13-9-17/h2-13,22-23,31-32H,14-15H2,1H3,(H2,28,29,30,33). The topological polar surface area (TPSA) is 77.5 Å². The maximum atomic E-state index is 13.2. The normalized spacial score (nSPS) is 18.2. The van der Waals surface area contributed by atoms with E-state index in [1.165, 1.54) is 12.1 Å². The molecule has 2 unspecified atom stereocenters. The monoisotopic (exact) mass is 465 g/mol. The van der Waals surface area contributed by atoms with Crippen molar-refractivity contribution in [3.05, 3.63) is 106 Å². The quantitative estimate of drug-likeness (QED) is 0.336. The first-order valence-electron chi connectivity index (χ1n) is 10.7. The van der Waals surface area contributed by atoms with E-state index in [0.717, 1.165) is 16.7 Å². The number of nitrogens with zero attached hydrogens (tertiary/aromatic N) is 1. The molecule has 4 N–H and O–H groups in total. The van der Waals surface area contributed by atoms with Crippen LogP contribution in [0.4, 0.5) is 4.39 Å². The average molecular weight is 466 g/mol. The van der Waals surface area contributed by atoms with Gasteiger partial charge < -0.3 is 5.32 Å². The van der Waals surface area contributed by atoms with Crippen LogP contribution in [0, 0.1) is 12.7 Å². The molecule has 1 saturated heterocycles. The highest BCUT2D eigenvalue weighted by Gasteiger charge is 2.26. The minimum Gasteiger partial charge on any atom is -0.339 e. The second-order valence-corrected chi connectivity index (χ2v) is 8.31. The average Bonchev–Trinajstić information content (AvgIpc) is 3.27. The Morgan fingerprint density at radius 3 is 2.52 bits per heavy atom. The number of benzene rings is 3. The van der Waals surface area contributed by atoms with Gasteiger partial charge in [0.1, 0.15) is 5.82 Å². The van der Waals surface area contributed by atoms with Gasteiger partial charge in [0.25, 0.3) is 5.91 Å². The maximum Gasteiger partial charge on any atom is 0.257 e. The summed E-state index contributed by atoms with van der Waals surface area (Å²) in [6.07, 6.45) is 0.479. The summed E-state index contributed by atoms with van der Waals surface area (Å²) in [6.45, 7) is 2.44. The number of halogens is 2. The first-order valence-corrected chi connectivity index (χ1v) is 11.0. The molecular formula is C25H25ClFN5O. The number of rotatable bonds is 5. The van der Waals surface area contributed by atoms with E-state index in [4.69, 9.17) is 11.6 Å². The predicted octanol–water partition coefficient (Wildman–Crippen LogP) is 4.23. The minimum atomic E-state index is -0.288. The van der Waals surface area contributed by atoms with E-state index in [9.17, 15) is 9.18 Å². The first kappa shape index (κ1) is 22.9. The molecule has 1 fully saturated rings. The van der Waals surface area contributed by atoms with Gasteiger partial charge >= 0.3 is 0 Å². The lowest BCUT2D eigenvalue weighted by atomic mass is 10.0. The second-order valence-electron chi connectivity index (χ2n) is 7.88. The van der Waals surface area contributed by atoms with Crippen molar-refractivity contribution in [2.45, 2.75) is 32.1 Å². The lowest BCUT2D eigenvalue weighted by molar-refractivity contribution is 0.0975. The number of hydrazine groups is 1. The molecule has 0 aromatic heterocycles. The zero-order valence-corrected chi connectivity index (χ0v) is 18.9. The summed E-state index contributed by atoms with van der Waals surface area (Å²) in [6, 6.07) is 21.0. The predicted molar refractivity (Wildman–Crippen MR) is 128 cm³/mol. The van der Waals surface area contributed by atoms with Crippen molar-refractivity contribution in [1.29, 1.82) is 0 Å². The third kappa shape index (κ3) is 6.16. The Morgan fingerprint density at radius 2 is 1.79 bits per heavy atom. The number of aliphatic imine (C=N–C) groups is 1. The molecule has 170 valence electrons. The Labute approximate surface area is 197 Å². The molecule has 8 heteroatoms. The molecular weight excluding hydrogens is 441 g/mol. The maximum absolute atomic E-state index is 13.2. The van der Waals surface area contributed by atoms with Gasteiger partial charge in [-0.05, 0) is 60.0 Å². The van der Waals surface area contributed by atoms with E-state index in [-0.39, 0.29) is 23.9 Å². The number of aryl methyl sites for hydroxylation is 1. The van der Waals surface area contributed by atoms with E-state index >= 15 is 0 Å². The minimum absolute atomic E-state index is 0.00677. The molecule has 0 bridgehead atoms. The van der Waals surface area contributed by atoms with Crippen molar-refractivity contribution in [3.8, 4) is 0 Å². The van der Waals surface area contributed by atoms with Crippen LogP contribution in [-0.4, -0.2) is 18.0 Å². The highest BCUT2D eigenvalue weighted by molar-refractivity contribution is 6.30. The van der Waals surface area contributed by atoms with E-state index in [1.54, 1.807) is 36.4 Å². The van der Waals surface area contributed by atoms with Gasteiger partial charge in [-0.25, -0.2) is 20.2 Å². The Balaban J connectivity index is 1.47. The van der Waals surface area contributed by atoms with Crippen LogP contribution in [-0.2, 0) is 6.54 Å². The summed E-state index contributed by atoms with van der Waals surface area (Å²) in [5, 5.41) is 6.71. The first-order chi connectivity index (χ1) is 16.0. The molecule has 1 heterocycles. The van der Waals surface area contributed by atoms with Crippen molar-refractivity contribution in [3.63, 3.8) is 0 Å². The Bertz CT molecular complexity index is 1130. The molecule has 1 aliphatic rings. The van der Waals surface area contributed by atoms with Gasteiger partial charge in [-0.3, -0.25) is 10.1 Å². The summed E-state index contributed by atoms with van der Waals surface area (Å²) in [7, 11) is 0. The molecule has 6 nitrogen and oxygen atoms in total. The molecule has 0 spiro atoms. The molecule has 3 aromatic rings. The summed E-state index contributed by atoms with van der Waals surface area (Å²) >= 11 is 5.94. The van der Waals surface area contributed by atoms with Crippen molar-refractivity contribution < 1.29 is 9.18 Å². The van der Waals surface area contributed by atoms with Gasteiger partial charge in [0.15, 0.2) is 5.96 Å². The van der Waals surface area contributed by atoms with E-state index in [2.05, 4.69) is 26.5 Å². The molecule has 1 amide bonds. The number of hydrogen-bond donors (Lipinski definition) is 4. The van der Waals surface area contributed by atoms with Crippen LogP contribution in [0.25, 0.3) is 0 Å². The van der Waals surface area contributed by atoms with Gasteiger partial charge in [-0.15, -0.1) is 0 Å². The van der Waals surface area contributed by atoms with Crippen LogP contribution in [0.5, 0.6) is 0 Å². The number of carbonyl (C=O) groups is 1. The Morgan fingerprint density at radius 1 is 1.06 bits per heavy atom. The summed E-state index contributed by atoms with van der Waals surface area (Å²) in [5.74, 6) is -0.198. The van der Waals surface area contributed by atoms with Gasteiger partial charge in [-0.2, -0.15) is 0 Å². The smallest absolute Gasteiger partial charge is 0.257 e. The molecule has 3 aromatic carbocycles. The fourth-order valence-corrected chi connectivity index (χ4v) is 3.71. The number of guanidine groups is 1. The molecule has 33 heavy (non-hydrogen) atoms. The fraction of sp³-hybridized carbons (Fsp3) is 0.200. The molecule has 2 atom stereocenters. The van der Waals surface area contributed by atoms with Crippen molar-refractivity contribution in [2.75, 3.05) is 0 Å². The number of nitrogens with one attached hydrogen (secondary N) is 4. The molecule has 0 radical (unpaired) electrons. The van der Waals surface area contributed by atoms with Gasteiger partial charge in [-0.1, -0.05) is 48.0 Å². The summed E-state index contributed by atoms with van der Waals surface area (Å²) in [4.78, 5) is 17.4. The highest BCUT2D eigenvalue weighted by atomic mass is 35.5.